The largest absolute Gasteiger partial charge is 0.369 e. The molecule has 0 radical (unpaired) electrons. The van der Waals surface area contributed by atoms with Gasteiger partial charge in [-0.3, -0.25) is 0 Å². The average molecular weight is 261 g/mol. The average Bonchev–Trinajstić information content (AvgIpc) is 2.67. The van der Waals surface area contributed by atoms with Crippen LogP contribution in [0.1, 0.15) is 55.8 Å². The molecule has 0 aromatic heterocycles. The molecular formula is C17H27NO. The number of benzene rings is 1. The minimum atomic E-state index is 0.188. The summed E-state index contributed by atoms with van der Waals surface area (Å²) >= 11 is 0. The molecule has 0 spiro atoms. The van der Waals surface area contributed by atoms with Gasteiger partial charge in [0.2, 0.25) is 0 Å². The van der Waals surface area contributed by atoms with Crippen molar-refractivity contribution in [2.24, 2.45) is 0 Å². The molecule has 0 aliphatic heterocycles. The zero-order chi connectivity index (χ0) is 13.5. The summed E-state index contributed by atoms with van der Waals surface area (Å²) in [7, 11) is 2.00. The fourth-order valence-electron chi connectivity index (χ4n) is 2.91. The zero-order valence-electron chi connectivity index (χ0n) is 12.3. The lowest BCUT2D eigenvalue weighted by atomic mass is 10.1. The molecule has 106 valence electrons. The van der Waals surface area contributed by atoms with Crippen molar-refractivity contribution in [2.45, 2.75) is 57.7 Å². The van der Waals surface area contributed by atoms with Crippen molar-refractivity contribution in [3.63, 3.8) is 0 Å². The summed E-state index contributed by atoms with van der Waals surface area (Å²) in [4.78, 5) is 0. The highest BCUT2D eigenvalue weighted by atomic mass is 16.5. The van der Waals surface area contributed by atoms with Crippen molar-refractivity contribution in [1.29, 1.82) is 0 Å². The highest BCUT2D eigenvalue weighted by molar-refractivity contribution is 5.24. The van der Waals surface area contributed by atoms with E-state index in [9.17, 15) is 0 Å². The van der Waals surface area contributed by atoms with Crippen molar-refractivity contribution in [1.82, 2.24) is 5.32 Å². The molecule has 1 atom stereocenters. The molecule has 19 heavy (non-hydrogen) atoms. The first-order valence-corrected chi connectivity index (χ1v) is 7.66. The quantitative estimate of drug-likeness (QED) is 0.809. The molecule has 1 fully saturated rings. The number of rotatable bonds is 5. The lowest BCUT2D eigenvalue weighted by Gasteiger charge is -2.24. The van der Waals surface area contributed by atoms with Crippen LogP contribution in [0.2, 0.25) is 0 Å². The van der Waals surface area contributed by atoms with Crippen molar-refractivity contribution in [3.05, 3.63) is 35.4 Å². The standard InChI is InChI=1S/C17H27NO/c1-14-8-7-9-15(12-14)17(13-18-2)19-16-10-5-3-4-6-11-16/h7-9,12,16-18H,3-6,10-11,13H2,1-2H3. The van der Waals surface area contributed by atoms with Gasteiger partial charge in [0.15, 0.2) is 0 Å². The highest BCUT2D eigenvalue weighted by Crippen LogP contribution is 2.26. The Hall–Kier alpha value is -0.860. The third kappa shape index (κ3) is 4.63. The van der Waals surface area contributed by atoms with E-state index in [0.29, 0.717) is 6.10 Å². The second-order valence-corrected chi connectivity index (χ2v) is 5.71. The van der Waals surface area contributed by atoms with E-state index in [1.165, 1.54) is 49.7 Å². The second-order valence-electron chi connectivity index (χ2n) is 5.71. The predicted octanol–water partition coefficient (Wildman–Crippen LogP) is 3.99. The maximum atomic E-state index is 6.39. The lowest BCUT2D eigenvalue weighted by Crippen LogP contribution is -2.24. The molecule has 1 aliphatic rings. The van der Waals surface area contributed by atoms with Gasteiger partial charge in [-0.15, -0.1) is 0 Å². The third-order valence-corrected chi connectivity index (χ3v) is 3.96. The second kappa shape index (κ2) is 7.66. The van der Waals surface area contributed by atoms with Crippen molar-refractivity contribution >= 4 is 0 Å². The molecule has 2 rings (SSSR count). The van der Waals surface area contributed by atoms with Crippen LogP contribution in [-0.4, -0.2) is 19.7 Å². The van der Waals surface area contributed by atoms with Crippen LogP contribution in [0.4, 0.5) is 0 Å². The first-order chi connectivity index (χ1) is 9.29. The Balaban J connectivity index is 2.02. The monoisotopic (exact) mass is 261 g/mol. The lowest BCUT2D eigenvalue weighted by molar-refractivity contribution is -0.0193. The van der Waals surface area contributed by atoms with Gasteiger partial charge in [-0.2, -0.15) is 0 Å². The van der Waals surface area contributed by atoms with Crippen LogP contribution in [0.5, 0.6) is 0 Å². The Morgan fingerprint density at radius 3 is 2.58 bits per heavy atom. The summed E-state index contributed by atoms with van der Waals surface area (Å²) in [6, 6.07) is 8.71. The van der Waals surface area contributed by atoms with Gasteiger partial charge < -0.3 is 10.1 Å². The Kier molecular flexibility index (Phi) is 5.87. The topological polar surface area (TPSA) is 21.3 Å². The van der Waals surface area contributed by atoms with Gasteiger partial charge in [0.1, 0.15) is 0 Å². The molecule has 0 bridgehead atoms. The maximum Gasteiger partial charge on any atom is 0.0952 e. The van der Waals surface area contributed by atoms with E-state index in [4.69, 9.17) is 4.74 Å². The first-order valence-electron chi connectivity index (χ1n) is 7.66. The van der Waals surface area contributed by atoms with E-state index < -0.39 is 0 Å². The molecule has 0 amide bonds. The first kappa shape index (κ1) is 14.5. The SMILES string of the molecule is CNCC(OC1CCCCCC1)c1cccc(C)c1. The minimum Gasteiger partial charge on any atom is -0.369 e. The van der Waals surface area contributed by atoms with Crippen LogP contribution in [0.15, 0.2) is 24.3 Å². The summed E-state index contributed by atoms with van der Waals surface area (Å²) in [5, 5.41) is 3.27. The molecule has 2 nitrogen and oxygen atoms in total. The van der Waals surface area contributed by atoms with E-state index >= 15 is 0 Å². The summed E-state index contributed by atoms with van der Waals surface area (Å²) in [6.45, 7) is 3.03. The molecule has 2 heteroatoms. The van der Waals surface area contributed by atoms with Gasteiger partial charge in [-0.05, 0) is 32.4 Å². The number of hydrogen-bond acceptors (Lipinski definition) is 2. The molecule has 1 aromatic rings. The number of hydrogen-bond donors (Lipinski definition) is 1. The molecule has 1 saturated carbocycles. The summed E-state index contributed by atoms with van der Waals surface area (Å²) < 4.78 is 6.39. The Morgan fingerprint density at radius 2 is 1.95 bits per heavy atom. The van der Waals surface area contributed by atoms with Gasteiger partial charge in [-0.25, -0.2) is 0 Å². The summed E-state index contributed by atoms with van der Waals surface area (Å²) in [5.41, 5.74) is 2.61. The molecular weight excluding hydrogens is 234 g/mol. The molecule has 1 N–H and O–H groups in total. The highest BCUT2D eigenvalue weighted by Gasteiger charge is 2.19. The van der Waals surface area contributed by atoms with Crippen LogP contribution in [-0.2, 0) is 4.74 Å². The third-order valence-electron chi connectivity index (χ3n) is 3.96. The summed E-state index contributed by atoms with van der Waals surface area (Å²) in [6.07, 6.45) is 8.49. The Bertz CT molecular complexity index is 369. The number of nitrogens with one attached hydrogen (secondary N) is 1. The van der Waals surface area contributed by atoms with Crippen LogP contribution in [0, 0.1) is 6.92 Å². The van der Waals surface area contributed by atoms with Gasteiger partial charge in [-0.1, -0.05) is 55.5 Å². The van der Waals surface area contributed by atoms with E-state index in [1.807, 2.05) is 7.05 Å². The zero-order valence-corrected chi connectivity index (χ0v) is 12.3. The van der Waals surface area contributed by atoms with Crippen molar-refractivity contribution in [2.75, 3.05) is 13.6 Å². The predicted molar refractivity (Wildman–Crippen MR) is 80.4 cm³/mol. The fourth-order valence-corrected chi connectivity index (χ4v) is 2.91. The normalized spacial score (nSPS) is 19.1. The van der Waals surface area contributed by atoms with Crippen LogP contribution in [0.3, 0.4) is 0 Å². The molecule has 1 unspecified atom stereocenters. The van der Waals surface area contributed by atoms with Crippen molar-refractivity contribution in [3.8, 4) is 0 Å². The van der Waals surface area contributed by atoms with Gasteiger partial charge in [0, 0.05) is 6.54 Å². The van der Waals surface area contributed by atoms with Crippen LogP contribution < -0.4 is 5.32 Å². The molecule has 1 aromatic carbocycles. The maximum absolute atomic E-state index is 6.39. The van der Waals surface area contributed by atoms with Crippen LogP contribution >= 0.6 is 0 Å². The van der Waals surface area contributed by atoms with Gasteiger partial charge in [0.25, 0.3) is 0 Å². The van der Waals surface area contributed by atoms with Gasteiger partial charge in [0.05, 0.1) is 12.2 Å². The van der Waals surface area contributed by atoms with E-state index in [0.717, 1.165) is 6.54 Å². The van der Waals surface area contributed by atoms with Gasteiger partial charge >= 0.3 is 0 Å². The molecule has 1 aliphatic carbocycles. The van der Waals surface area contributed by atoms with E-state index in [1.54, 1.807) is 0 Å². The summed E-state index contributed by atoms with van der Waals surface area (Å²) in [5.74, 6) is 0. The smallest absolute Gasteiger partial charge is 0.0952 e. The van der Waals surface area contributed by atoms with E-state index in [-0.39, 0.29) is 6.10 Å². The molecule has 0 saturated heterocycles. The number of ether oxygens (including phenoxy) is 1. The number of aryl methyl sites for hydroxylation is 1. The van der Waals surface area contributed by atoms with E-state index in [2.05, 4.69) is 36.5 Å². The molecule has 0 heterocycles. The Morgan fingerprint density at radius 1 is 1.21 bits per heavy atom. The van der Waals surface area contributed by atoms with Crippen molar-refractivity contribution < 1.29 is 4.74 Å². The minimum absolute atomic E-state index is 0.188. The van der Waals surface area contributed by atoms with Crippen LogP contribution in [0.25, 0.3) is 0 Å². The number of likely N-dealkylation sites (N-methyl/N-ethyl adjacent to an activating group) is 1. The Labute approximate surface area is 117 Å². The fraction of sp³-hybridized carbons (Fsp3) is 0.647.